The van der Waals surface area contributed by atoms with Crippen molar-refractivity contribution in [3.63, 3.8) is 0 Å². The number of ether oxygens (including phenoxy) is 1. The lowest BCUT2D eigenvalue weighted by Gasteiger charge is -2.06. The molecule has 0 saturated heterocycles. The third-order valence-corrected chi connectivity index (χ3v) is 1.58. The van der Waals surface area contributed by atoms with E-state index >= 15 is 0 Å². The van der Waals surface area contributed by atoms with Crippen molar-refractivity contribution in [2.24, 2.45) is 0 Å². The van der Waals surface area contributed by atoms with Gasteiger partial charge in [0, 0.05) is 11.1 Å². The highest BCUT2D eigenvalue weighted by atomic mass is 35.5. The number of hydrogen-bond acceptors (Lipinski definition) is 3. The topological polar surface area (TPSA) is 61.3 Å². The minimum absolute atomic E-state index is 0.428. The van der Waals surface area contributed by atoms with Crippen molar-refractivity contribution in [2.45, 2.75) is 0 Å². The molecule has 0 fully saturated rings. The van der Waals surface area contributed by atoms with Crippen LogP contribution in [-0.4, -0.2) is 7.11 Å². The molecule has 0 unspecified atom stereocenters. The molecule has 0 spiro atoms. The molecule has 60 valence electrons. The second-order valence-electron chi connectivity index (χ2n) is 2.11. The molecule has 1 aromatic rings. The Labute approximate surface area is 69.9 Å². The summed E-state index contributed by atoms with van der Waals surface area (Å²) in [4.78, 5) is 0. The van der Waals surface area contributed by atoms with Gasteiger partial charge in [0.25, 0.3) is 0 Å². The van der Waals surface area contributed by atoms with E-state index in [1.807, 2.05) is 0 Å². The fraction of sp³-hybridized carbons (Fsp3) is 0.143. The number of benzene rings is 1. The van der Waals surface area contributed by atoms with Gasteiger partial charge in [-0.05, 0) is 6.07 Å². The van der Waals surface area contributed by atoms with Crippen LogP contribution >= 0.6 is 11.6 Å². The van der Waals surface area contributed by atoms with Gasteiger partial charge in [-0.2, -0.15) is 0 Å². The number of methoxy groups -OCH3 is 1. The maximum atomic E-state index is 5.69. The fourth-order valence-electron chi connectivity index (χ4n) is 0.782. The summed E-state index contributed by atoms with van der Waals surface area (Å²) in [5.74, 6) is 0.509. The number of nitrogen functional groups attached to an aromatic ring is 2. The van der Waals surface area contributed by atoms with Gasteiger partial charge in [0.05, 0.1) is 18.5 Å². The van der Waals surface area contributed by atoms with E-state index in [2.05, 4.69) is 0 Å². The molecule has 0 bridgehead atoms. The summed E-state index contributed by atoms with van der Waals surface area (Å²) >= 11 is 5.69. The zero-order valence-electron chi connectivity index (χ0n) is 6.10. The summed E-state index contributed by atoms with van der Waals surface area (Å²) < 4.78 is 4.92. The van der Waals surface area contributed by atoms with Gasteiger partial charge in [-0.3, -0.25) is 0 Å². The van der Waals surface area contributed by atoms with Crippen LogP contribution in [-0.2, 0) is 0 Å². The third-order valence-electron chi connectivity index (χ3n) is 1.36. The van der Waals surface area contributed by atoms with Crippen LogP contribution < -0.4 is 16.2 Å². The average molecular weight is 173 g/mol. The molecule has 0 aliphatic heterocycles. The Balaban J connectivity index is 3.24. The van der Waals surface area contributed by atoms with Crippen molar-refractivity contribution < 1.29 is 4.74 Å². The van der Waals surface area contributed by atoms with E-state index < -0.39 is 0 Å². The lowest BCUT2D eigenvalue weighted by atomic mass is 10.2. The molecule has 4 heteroatoms. The van der Waals surface area contributed by atoms with Gasteiger partial charge >= 0.3 is 0 Å². The largest absolute Gasteiger partial charge is 0.494 e. The highest BCUT2D eigenvalue weighted by Crippen LogP contribution is 2.30. The molecule has 4 N–H and O–H groups in total. The standard InChI is InChI=1S/C7H9ClN2O/c1-11-6-3-4(8)2-5(9)7(6)10/h2-3H,9-10H2,1H3. The molecule has 0 radical (unpaired) electrons. The average Bonchev–Trinajstić information content (AvgIpc) is 1.96. The molecule has 0 aromatic heterocycles. The molecule has 1 rings (SSSR count). The van der Waals surface area contributed by atoms with Gasteiger partial charge in [0.1, 0.15) is 5.75 Å². The zero-order chi connectivity index (χ0) is 8.43. The molecule has 3 nitrogen and oxygen atoms in total. The Kier molecular flexibility index (Phi) is 2.10. The molecule has 0 aliphatic rings. The van der Waals surface area contributed by atoms with Gasteiger partial charge in [-0.25, -0.2) is 0 Å². The van der Waals surface area contributed by atoms with Crippen LogP contribution in [0.3, 0.4) is 0 Å². The van der Waals surface area contributed by atoms with Crippen molar-refractivity contribution in [3.8, 4) is 5.75 Å². The number of hydrogen-bond donors (Lipinski definition) is 2. The van der Waals surface area contributed by atoms with Crippen LogP contribution in [0.25, 0.3) is 0 Å². The highest BCUT2D eigenvalue weighted by molar-refractivity contribution is 6.31. The molecule has 11 heavy (non-hydrogen) atoms. The molecular formula is C7H9ClN2O. The Morgan fingerprint density at radius 1 is 1.36 bits per heavy atom. The Hall–Kier alpha value is -1.09. The van der Waals surface area contributed by atoms with E-state index in [1.165, 1.54) is 7.11 Å². The predicted molar refractivity (Wildman–Crippen MR) is 46.8 cm³/mol. The lowest BCUT2D eigenvalue weighted by Crippen LogP contribution is -1.97. The first-order valence-electron chi connectivity index (χ1n) is 3.03. The van der Waals surface area contributed by atoms with Crippen molar-refractivity contribution in [3.05, 3.63) is 17.2 Å². The van der Waals surface area contributed by atoms with E-state index in [1.54, 1.807) is 12.1 Å². The van der Waals surface area contributed by atoms with Crippen LogP contribution in [0.5, 0.6) is 5.75 Å². The Morgan fingerprint density at radius 3 is 2.55 bits per heavy atom. The summed E-state index contributed by atoms with van der Waals surface area (Å²) in [6.45, 7) is 0. The number of anilines is 2. The Morgan fingerprint density at radius 2 is 2.00 bits per heavy atom. The molecule has 0 aliphatic carbocycles. The van der Waals surface area contributed by atoms with Crippen LogP contribution in [0.1, 0.15) is 0 Å². The second-order valence-corrected chi connectivity index (χ2v) is 2.55. The summed E-state index contributed by atoms with van der Waals surface area (Å²) in [7, 11) is 1.52. The first kappa shape index (κ1) is 8.01. The maximum Gasteiger partial charge on any atom is 0.145 e. The van der Waals surface area contributed by atoms with Gasteiger partial charge < -0.3 is 16.2 Å². The quantitative estimate of drug-likeness (QED) is 0.632. The maximum absolute atomic E-state index is 5.69. The Bertz CT molecular complexity index is 275. The highest BCUT2D eigenvalue weighted by Gasteiger charge is 2.03. The molecule has 0 atom stereocenters. The van der Waals surface area contributed by atoms with E-state index in [4.69, 9.17) is 27.8 Å². The predicted octanol–water partition coefficient (Wildman–Crippen LogP) is 1.51. The molecule has 1 aromatic carbocycles. The van der Waals surface area contributed by atoms with Gasteiger partial charge in [0.2, 0.25) is 0 Å². The van der Waals surface area contributed by atoms with Crippen molar-refractivity contribution in [2.75, 3.05) is 18.6 Å². The summed E-state index contributed by atoms with van der Waals surface area (Å²) in [6.07, 6.45) is 0. The normalized spacial score (nSPS) is 9.64. The lowest BCUT2D eigenvalue weighted by molar-refractivity contribution is 0.417. The van der Waals surface area contributed by atoms with Crippen molar-refractivity contribution in [1.29, 1.82) is 0 Å². The third kappa shape index (κ3) is 1.49. The van der Waals surface area contributed by atoms with E-state index in [0.29, 0.717) is 22.1 Å². The number of halogens is 1. The second kappa shape index (κ2) is 2.88. The SMILES string of the molecule is COc1cc(Cl)cc(N)c1N. The molecule has 0 heterocycles. The molecule has 0 amide bonds. The van der Waals surface area contributed by atoms with Crippen LogP contribution in [0.15, 0.2) is 12.1 Å². The van der Waals surface area contributed by atoms with Crippen LogP contribution in [0.2, 0.25) is 5.02 Å². The van der Waals surface area contributed by atoms with Gasteiger partial charge in [-0.15, -0.1) is 0 Å². The van der Waals surface area contributed by atoms with Crippen molar-refractivity contribution in [1.82, 2.24) is 0 Å². The fourth-order valence-corrected chi connectivity index (χ4v) is 0.999. The van der Waals surface area contributed by atoms with Crippen LogP contribution in [0, 0.1) is 0 Å². The minimum atomic E-state index is 0.428. The zero-order valence-corrected chi connectivity index (χ0v) is 6.85. The van der Waals surface area contributed by atoms with E-state index in [9.17, 15) is 0 Å². The first-order valence-corrected chi connectivity index (χ1v) is 3.41. The monoisotopic (exact) mass is 172 g/mol. The molecular weight excluding hydrogens is 164 g/mol. The summed E-state index contributed by atoms with van der Waals surface area (Å²) in [6, 6.07) is 3.20. The minimum Gasteiger partial charge on any atom is -0.494 e. The van der Waals surface area contributed by atoms with E-state index in [-0.39, 0.29) is 0 Å². The van der Waals surface area contributed by atoms with Gasteiger partial charge in [-0.1, -0.05) is 11.6 Å². The van der Waals surface area contributed by atoms with Crippen molar-refractivity contribution >= 4 is 23.0 Å². The summed E-state index contributed by atoms with van der Waals surface area (Å²) in [5, 5.41) is 0.522. The van der Waals surface area contributed by atoms with E-state index in [0.717, 1.165) is 0 Å². The first-order chi connectivity index (χ1) is 5.15. The smallest absolute Gasteiger partial charge is 0.145 e. The summed E-state index contributed by atoms with van der Waals surface area (Å²) in [5.41, 5.74) is 11.9. The van der Waals surface area contributed by atoms with Crippen LogP contribution in [0.4, 0.5) is 11.4 Å². The number of nitrogens with two attached hydrogens (primary N) is 2. The number of rotatable bonds is 1. The van der Waals surface area contributed by atoms with Gasteiger partial charge in [0.15, 0.2) is 0 Å². The molecule has 0 saturated carbocycles.